The quantitative estimate of drug-likeness (QED) is 0.168. The normalized spacial score (nSPS) is 17.3. The Morgan fingerprint density at radius 3 is 2.30 bits per heavy atom. The number of carbonyl (C=O) groups excluding carboxylic acids is 5. The van der Waals surface area contributed by atoms with E-state index in [2.05, 4.69) is 21.3 Å². The maximum Gasteiger partial charge on any atom is 0.257 e. The Kier molecular flexibility index (Phi) is 17.2. The van der Waals surface area contributed by atoms with Crippen molar-refractivity contribution in [3.05, 3.63) is 119 Å². The number of ether oxygens (including phenoxy) is 4. The molecule has 14 heteroatoms. The van der Waals surface area contributed by atoms with Crippen LogP contribution in [0, 0.1) is 0 Å². The van der Waals surface area contributed by atoms with E-state index in [4.69, 9.17) is 18.9 Å². The molecule has 1 aliphatic rings. The molecule has 0 radical (unpaired) electrons. The van der Waals surface area contributed by atoms with Crippen LogP contribution in [-0.4, -0.2) is 100 Å². The van der Waals surface area contributed by atoms with Crippen molar-refractivity contribution in [3.8, 4) is 23.0 Å². The molecule has 4 aromatic carbocycles. The van der Waals surface area contributed by atoms with E-state index < -0.39 is 29.8 Å². The minimum absolute atomic E-state index is 0.00476. The van der Waals surface area contributed by atoms with Gasteiger partial charge in [0.2, 0.25) is 17.7 Å². The van der Waals surface area contributed by atoms with Gasteiger partial charge in [0, 0.05) is 26.6 Å². The van der Waals surface area contributed by atoms with Gasteiger partial charge in [-0.2, -0.15) is 0 Å². The van der Waals surface area contributed by atoms with Gasteiger partial charge >= 0.3 is 0 Å². The molecule has 0 aromatic heterocycles. The van der Waals surface area contributed by atoms with Crippen molar-refractivity contribution in [3.63, 3.8) is 0 Å². The first-order valence-electron chi connectivity index (χ1n) is 20.3. The van der Waals surface area contributed by atoms with Crippen LogP contribution in [0.15, 0.2) is 97.1 Å². The molecule has 0 fully saturated rings. The lowest BCUT2D eigenvalue weighted by atomic mass is 10.0. The summed E-state index contributed by atoms with van der Waals surface area (Å²) in [5.41, 5.74) is 2.44. The summed E-state index contributed by atoms with van der Waals surface area (Å²) in [6.45, 7) is 3.02. The summed E-state index contributed by atoms with van der Waals surface area (Å²) in [5.74, 6) is -0.192. The monoisotopic (exact) mass is 821 g/mol. The van der Waals surface area contributed by atoms with Crippen LogP contribution in [0.5, 0.6) is 23.0 Å². The van der Waals surface area contributed by atoms with Crippen molar-refractivity contribution in [2.24, 2.45) is 0 Å². The Morgan fingerprint density at radius 2 is 1.55 bits per heavy atom. The Hall–Kier alpha value is -6.57. The third kappa shape index (κ3) is 13.5. The zero-order valence-electron chi connectivity index (χ0n) is 34.5. The van der Waals surface area contributed by atoms with Gasteiger partial charge in [0.05, 0.1) is 44.0 Å². The van der Waals surface area contributed by atoms with Crippen LogP contribution in [0.2, 0.25) is 0 Å². The maximum atomic E-state index is 13.8. The topological polar surface area (TPSA) is 174 Å². The second-order valence-corrected chi connectivity index (χ2v) is 14.3. The summed E-state index contributed by atoms with van der Waals surface area (Å²) in [6.07, 6.45) is 2.01. The fourth-order valence-electron chi connectivity index (χ4n) is 6.67. The zero-order chi connectivity index (χ0) is 42.7. The number of fused-ring (bicyclic) bond motifs is 2. The lowest BCUT2D eigenvalue weighted by Gasteiger charge is -2.23. The molecule has 0 spiro atoms. The molecule has 0 aliphatic carbocycles. The molecule has 1 heterocycles. The number of methoxy groups -OCH3 is 1. The summed E-state index contributed by atoms with van der Waals surface area (Å²) >= 11 is 0. The lowest BCUT2D eigenvalue weighted by Crippen LogP contribution is -2.48. The fourth-order valence-corrected chi connectivity index (χ4v) is 6.67. The number of nitrogens with one attached hydrogen (secondary N) is 4. The molecule has 318 valence electrons. The average Bonchev–Trinajstić information content (AvgIpc) is 3.26. The Labute approximate surface area is 351 Å². The third-order valence-electron chi connectivity index (χ3n) is 9.76. The van der Waals surface area contributed by atoms with Gasteiger partial charge in [0.1, 0.15) is 24.1 Å². The summed E-state index contributed by atoms with van der Waals surface area (Å²) in [5, 5.41) is 11.6. The van der Waals surface area contributed by atoms with Crippen LogP contribution in [0.1, 0.15) is 64.4 Å². The molecule has 4 N–H and O–H groups in total. The highest BCUT2D eigenvalue weighted by molar-refractivity contribution is 6.00. The molecule has 2 atom stereocenters. The van der Waals surface area contributed by atoms with E-state index in [1.165, 1.54) is 11.9 Å². The summed E-state index contributed by atoms with van der Waals surface area (Å²) in [7, 11) is 3.13. The van der Waals surface area contributed by atoms with Crippen LogP contribution in [0.4, 0.5) is 0 Å². The number of benzene rings is 4. The molecule has 0 bridgehead atoms. The molecular formula is C46H55N5O9. The number of hydrogen-bond donors (Lipinski definition) is 4. The van der Waals surface area contributed by atoms with Gasteiger partial charge in [-0.15, -0.1) is 0 Å². The first-order chi connectivity index (χ1) is 29.1. The first kappa shape index (κ1) is 44.5. The van der Waals surface area contributed by atoms with Crippen LogP contribution >= 0.6 is 0 Å². The van der Waals surface area contributed by atoms with Crippen molar-refractivity contribution in [2.45, 2.75) is 57.5 Å². The number of hydrogen-bond acceptors (Lipinski definition) is 9. The van der Waals surface area contributed by atoms with E-state index in [0.29, 0.717) is 61.8 Å². The minimum Gasteiger partial charge on any atom is -0.493 e. The van der Waals surface area contributed by atoms with Gasteiger partial charge in [-0.25, -0.2) is 0 Å². The molecule has 0 saturated carbocycles. The summed E-state index contributed by atoms with van der Waals surface area (Å²) in [4.78, 5) is 68.8. The molecule has 1 aliphatic heterocycles. The molecule has 5 amide bonds. The number of likely N-dealkylation sites (N-methyl/N-ethyl adjacent to an activating group) is 1. The Morgan fingerprint density at radius 1 is 0.833 bits per heavy atom. The number of nitrogens with zero attached hydrogens (tertiary/aromatic N) is 1. The average molecular weight is 822 g/mol. The van der Waals surface area contributed by atoms with Crippen molar-refractivity contribution >= 4 is 29.5 Å². The summed E-state index contributed by atoms with van der Waals surface area (Å²) in [6, 6.07) is 27.2. The maximum absolute atomic E-state index is 13.8. The molecule has 0 saturated heterocycles. The first-order valence-corrected chi connectivity index (χ1v) is 20.3. The van der Waals surface area contributed by atoms with Gasteiger partial charge in [-0.1, -0.05) is 60.7 Å². The molecule has 60 heavy (non-hydrogen) atoms. The standard InChI is InChI=1S/C46H55N5O9/c1-4-58-40-23-21-33(29-41(40)57-3)16-12-25-48-45(55)37-22-24-42(52)49-34(28-32-14-6-5-7-15-32)31-60-39-20-11-9-18-36(39)46(56)51(2)30-43(53)47-26-13-27-59-38-19-10-8-17-35(38)44(54)50-37/h5-11,14-15,17-21,23,29,34,37H,4,12-13,16,22,24-28,30-31H2,1-3H3,(H,47,53)(H,48,55)(H,49,52)(H,50,54)/t34-,37-/m0/s1. The fraction of sp³-hybridized carbons (Fsp3) is 0.370. The minimum atomic E-state index is -1.06. The van der Waals surface area contributed by atoms with Crippen LogP contribution in [0.25, 0.3) is 0 Å². The smallest absolute Gasteiger partial charge is 0.257 e. The van der Waals surface area contributed by atoms with Gasteiger partial charge in [0.15, 0.2) is 11.5 Å². The zero-order valence-corrected chi connectivity index (χ0v) is 34.5. The Bertz CT molecular complexity index is 2060. The molecule has 14 nitrogen and oxygen atoms in total. The summed E-state index contributed by atoms with van der Waals surface area (Å²) < 4.78 is 23.3. The van der Waals surface area contributed by atoms with Gasteiger partial charge in [0.25, 0.3) is 11.8 Å². The number of carbonyl (C=O) groups is 5. The second kappa shape index (κ2) is 23.1. The van der Waals surface area contributed by atoms with Crippen LogP contribution < -0.4 is 40.2 Å². The van der Waals surface area contributed by atoms with Crippen molar-refractivity contribution in [1.29, 1.82) is 0 Å². The van der Waals surface area contributed by atoms with Gasteiger partial charge in [-0.05, 0) is 86.6 Å². The SMILES string of the molecule is CCOc1ccc(CCCNC(=O)[C@@H]2CCC(=O)N[C@@H](Cc3ccccc3)COc3ccccc3C(=O)N(C)CC(=O)NCCCOc3ccccc3C(=O)N2)cc1OC. The molecule has 0 unspecified atom stereocenters. The molecular weight excluding hydrogens is 767 g/mol. The number of amides is 5. The Balaban J connectivity index is 1.34. The van der Waals surface area contributed by atoms with Crippen LogP contribution in [-0.2, 0) is 27.2 Å². The van der Waals surface area contributed by atoms with E-state index in [1.807, 2.05) is 55.5 Å². The number of para-hydroxylation sites is 2. The van der Waals surface area contributed by atoms with Crippen LogP contribution in [0.3, 0.4) is 0 Å². The highest BCUT2D eigenvalue weighted by Crippen LogP contribution is 2.28. The number of rotatable bonds is 10. The van der Waals surface area contributed by atoms with Gasteiger partial charge < -0.3 is 45.1 Å². The van der Waals surface area contributed by atoms with Crippen molar-refractivity contribution in [1.82, 2.24) is 26.2 Å². The van der Waals surface area contributed by atoms with E-state index in [9.17, 15) is 24.0 Å². The van der Waals surface area contributed by atoms with Gasteiger partial charge in [-0.3, -0.25) is 24.0 Å². The predicted molar refractivity (Wildman–Crippen MR) is 227 cm³/mol. The highest BCUT2D eigenvalue weighted by atomic mass is 16.5. The van der Waals surface area contributed by atoms with E-state index >= 15 is 0 Å². The van der Waals surface area contributed by atoms with E-state index in [0.717, 1.165) is 11.1 Å². The van der Waals surface area contributed by atoms with E-state index in [1.54, 1.807) is 55.6 Å². The van der Waals surface area contributed by atoms with E-state index in [-0.39, 0.29) is 62.1 Å². The third-order valence-corrected chi connectivity index (χ3v) is 9.76. The highest BCUT2D eigenvalue weighted by Gasteiger charge is 2.26. The number of aryl methyl sites for hydroxylation is 1. The lowest BCUT2D eigenvalue weighted by molar-refractivity contribution is -0.124. The molecule has 5 rings (SSSR count). The second-order valence-electron chi connectivity index (χ2n) is 14.3. The predicted octanol–water partition coefficient (Wildman–Crippen LogP) is 4.50. The largest absolute Gasteiger partial charge is 0.493 e. The van der Waals surface area contributed by atoms with Crippen molar-refractivity contribution < 1.29 is 42.9 Å². The molecule has 4 aromatic rings. The van der Waals surface area contributed by atoms with Crippen molar-refractivity contribution in [2.75, 3.05) is 53.6 Å².